The van der Waals surface area contributed by atoms with E-state index in [4.69, 9.17) is 4.74 Å². The van der Waals surface area contributed by atoms with Gasteiger partial charge in [-0.15, -0.1) is 0 Å². The molecule has 9 nitrogen and oxygen atoms in total. The zero-order valence-electron chi connectivity index (χ0n) is 15.0. The van der Waals surface area contributed by atoms with Crippen molar-refractivity contribution in [2.24, 2.45) is 11.8 Å². The van der Waals surface area contributed by atoms with E-state index in [-0.39, 0.29) is 6.04 Å². The van der Waals surface area contributed by atoms with Crippen molar-refractivity contribution in [1.29, 1.82) is 0 Å². The molecular weight excluding hydrogens is 342 g/mol. The molecule has 0 aromatic carbocycles. The van der Waals surface area contributed by atoms with Crippen LogP contribution in [0.1, 0.15) is 33.6 Å². The molecule has 2 N–H and O–H groups in total. The van der Waals surface area contributed by atoms with Crippen LogP contribution in [-0.4, -0.2) is 53.3 Å². The molecule has 2 rings (SSSR count). The van der Waals surface area contributed by atoms with E-state index in [1.165, 1.54) is 6.92 Å². The minimum Gasteiger partial charge on any atom is -0.454 e. The highest BCUT2D eigenvalue weighted by molar-refractivity contribution is 6.08. The molecule has 9 heteroatoms. The van der Waals surface area contributed by atoms with Gasteiger partial charge in [-0.1, -0.05) is 12.2 Å². The van der Waals surface area contributed by atoms with Crippen LogP contribution in [0.15, 0.2) is 12.2 Å². The first-order chi connectivity index (χ1) is 12.2. The lowest BCUT2D eigenvalue weighted by Gasteiger charge is -2.21. The summed E-state index contributed by atoms with van der Waals surface area (Å²) >= 11 is 0. The molecule has 1 fully saturated rings. The number of hydrogen-bond donors (Lipinski definition) is 2. The van der Waals surface area contributed by atoms with Gasteiger partial charge in [0.25, 0.3) is 5.91 Å². The Morgan fingerprint density at radius 1 is 1.12 bits per heavy atom. The molecule has 0 aromatic heterocycles. The standard InChI is InChI=1S/C17H23N3O6/c1-9(2)18-17(25)19-13(21)8-26-16(24)10(3)20-14(22)11-6-4-5-7-12(11)15(20)23/h4-5,9-12H,6-8H2,1-3H3,(H2,18,19,21,25)/t10-,11+,12+/m0/s1. The highest BCUT2D eigenvalue weighted by Crippen LogP contribution is 2.36. The normalized spacial score (nSPS) is 22.8. The fourth-order valence-corrected chi connectivity index (χ4v) is 3.03. The predicted octanol–water partition coefficient (Wildman–Crippen LogP) is 0.104. The number of esters is 1. The van der Waals surface area contributed by atoms with Gasteiger partial charge in [-0.25, -0.2) is 9.59 Å². The number of ether oxygens (including phenoxy) is 1. The third kappa shape index (κ3) is 4.27. The van der Waals surface area contributed by atoms with Crippen molar-refractivity contribution in [1.82, 2.24) is 15.5 Å². The van der Waals surface area contributed by atoms with Crippen LogP contribution >= 0.6 is 0 Å². The van der Waals surface area contributed by atoms with Gasteiger partial charge >= 0.3 is 12.0 Å². The van der Waals surface area contributed by atoms with Crippen LogP contribution in [0, 0.1) is 11.8 Å². The van der Waals surface area contributed by atoms with Crippen molar-refractivity contribution in [2.45, 2.75) is 45.7 Å². The number of carbonyl (C=O) groups is 5. The van der Waals surface area contributed by atoms with Gasteiger partial charge < -0.3 is 10.1 Å². The summed E-state index contributed by atoms with van der Waals surface area (Å²) in [5.41, 5.74) is 0. The lowest BCUT2D eigenvalue weighted by molar-refractivity contribution is -0.159. The zero-order chi connectivity index (χ0) is 19.4. The van der Waals surface area contributed by atoms with E-state index in [9.17, 15) is 24.0 Å². The maximum absolute atomic E-state index is 12.4. The van der Waals surface area contributed by atoms with Crippen molar-refractivity contribution in [2.75, 3.05) is 6.61 Å². The summed E-state index contributed by atoms with van der Waals surface area (Å²) in [4.78, 5) is 60.9. The molecular formula is C17H23N3O6. The fourth-order valence-electron chi connectivity index (χ4n) is 3.03. The van der Waals surface area contributed by atoms with E-state index in [0.717, 1.165) is 4.90 Å². The Morgan fingerprint density at radius 3 is 2.15 bits per heavy atom. The van der Waals surface area contributed by atoms with Crippen molar-refractivity contribution in [3.05, 3.63) is 12.2 Å². The van der Waals surface area contributed by atoms with Crippen molar-refractivity contribution >= 4 is 29.7 Å². The van der Waals surface area contributed by atoms with E-state index in [1.54, 1.807) is 13.8 Å². The molecule has 1 saturated heterocycles. The minimum absolute atomic E-state index is 0.157. The van der Waals surface area contributed by atoms with E-state index in [0.29, 0.717) is 12.8 Å². The van der Waals surface area contributed by atoms with Gasteiger partial charge in [-0.05, 0) is 33.6 Å². The topological polar surface area (TPSA) is 122 Å². The maximum Gasteiger partial charge on any atom is 0.329 e. The third-order valence-electron chi connectivity index (χ3n) is 4.29. The summed E-state index contributed by atoms with van der Waals surface area (Å²) in [5, 5.41) is 4.47. The van der Waals surface area contributed by atoms with Crippen LogP contribution in [0.4, 0.5) is 4.79 Å². The van der Waals surface area contributed by atoms with Crippen LogP contribution < -0.4 is 10.6 Å². The van der Waals surface area contributed by atoms with Crippen LogP contribution in [0.3, 0.4) is 0 Å². The quantitative estimate of drug-likeness (QED) is 0.405. The Labute approximate surface area is 151 Å². The molecule has 26 heavy (non-hydrogen) atoms. The molecule has 1 heterocycles. The number of rotatable bonds is 5. The van der Waals surface area contributed by atoms with Gasteiger partial charge in [0.2, 0.25) is 11.8 Å². The second-order valence-electron chi connectivity index (χ2n) is 6.66. The average Bonchev–Trinajstić information content (AvgIpc) is 2.82. The Morgan fingerprint density at radius 2 is 1.65 bits per heavy atom. The number of urea groups is 1. The van der Waals surface area contributed by atoms with Gasteiger partial charge in [0.1, 0.15) is 6.04 Å². The van der Waals surface area contributed by atoms with Crippen molar-refractivity contribution in [3.8, 4) is 0 Å². The lowest BCUT2D eigenvalue weighted by atomic mass is 9.85. The smallest absolute Gasteiger partial charge is 0.329 e. The van der Waals surface area contributed by atoms with Crippen molar-refractivity contribution in [3.63, 3.8) is 0 Å². The summed E-state index contributed by atoms with van der Waals surface area (Å²) in [6.07, 6.45) is 4.65. The average molecular weight is 365 g/mol. The summed E-state index contributed by atoms with van der Waals surface area (Å²) < 4.78 is 4.84. The highest BCUT2D eigenvalue weighted by atomic mass is 16.5. The predicted molar refractivity (Wildman–Crippen MR) is 89.4 cm³/mol. The Hall–Kier alpha value is -2.71. The molecule has 1 aliphatic heterocycles. The molecule has 5 amide bonds. The van der Waals surface area contributed by atoms with Gasteiger partial charge in [0, 0.05) is 6.04 Å². The highest BCUT2D eigenvalue weighted by Gasteiger charge is 2.50. The number of allylic oxidation sites excluding steroid dienone is 2. The first kappa shape index (κ1) is 19.6. The molecule has 142 valence electrons. The summed E-state index contributed by atoms with van der Waals surface area (Å²) in [5.74, 6) is -3.35. The lowest BCUT2D eigenvalue weighted by Crippen LogP contribution is -2.46. The SMILES string of the molecule is CC(C)NC(=O)NC(=O)COC(=O)[C@H](C)N1C(=O)[C@@H]2CC=CC[C@H]2C1=O. The second-order valence-corrected chi connectivity index (χ2v) is 6.66. The first-order valence-electron chi connectivity index (χ1n) is 8.51. The molecule has 0 radical (unpaired) electrons. The van der Waals surface area contributed by atoms with E-state index >= 15 is 0 Å². The van der Waals surface area contributed by atoms with E-state index in [2.05, 4.69) is 5.32 Å². The van der Waals surface area contributed by atoms with Crippen molar-refractivity contribution < 1.29 is 28.7 Å². The number of imide groups is 2. The number of carbonyl (C=O) groups excluding carboxylic acids is 5. The Bertz CT molecular complexity index is 631. The van der Waals surface area contributed by atoms with Crippen LogP contribution in [0.25, 0.3) is 0 Å². The molecule has 2 aliphatic rings. The molecule has 0 bridgehead atoms. The fraction of sp³-hybridized carbons (Fsp3) is 0.588. The molecule has 0 saturated carbocycles. The molecule has 0 aromatic rings. The number of fused-ring (bicyclic) bond motifs is 1. The third-order valence-corrected chi connectivity index (χ3v) is 4.29. The molecule has 1 aliphatic carbocycles. The second kappa shape index (κ2) is 8.11. The minimum atomic E-state index is -1.13. The Kier molecular flexibility index (Phi) is 6.12. The van der Waals surface area contributed by atoms with Crippen LogP contribution in [0.5, 0.6) is 0 Å². The van der Waals surface area contributed by atoms with Gasteiger partial charge in [-0.3, -0.25) is 24.6 Å². The molecule has 3 atom stereocenters. The number of nitrogens with one attached hydrogen (secondary N) is 2. The molecule has 0 spiro atoms. The summed E-state index contributed by atoms with van der Waals surface area (Å²) in [6.45, 7) is 4.15. The van der Waals surface area contributed by atoms with Gasteiger partial charge in [0.15, 0.2) is 6.61 Å². The number of likely N-dealkylation sites (tertiary alicyclic amines) is 1. The zero-order valence-corrected chi connectivity index (χ0v) is 15.0. The summed E-state index contributed by atoms with van der Waals surface area (Å²) in [7, 11) is 0. The number of nitrogens with zero attached hydrogens (tertiary/aromatic N) is 1. The number of amides is 5. The Balaban J connectivity index is 1.88. The van der Waals surface area contributed by atoms with Crippen LogP contribution in [-0.2, 0) is 23.9 Å². The largest absolute Gasteiger partial charge is 0.454 e. The summed E-state index contributed by atoms with van der Waals surface area (Å²) in [6, 6.07) is -1.98. The molecule has 0 unspecified atom stereocenters. The monoisotopic (exact) mass is 365 g/mol. The first-order valence-corrected chi connectivity index (χ1v) is 8.51. The van der Waals surface area contributed by atoms with Gasteiger partial charge in [-0.2, -0.15) is 0 Å². The maximum atomic E-state index is 12.4. The van der Waals surface area contributed by atoms with Gasteiger partial charge in [0.05, 0.1) is 11.8 Å². The van der Waals surface area contributed by atoms with Crippen LogP contribution in [0.2, 0.25) is 0 Å². The number of hydrogen-bond acceptors (Lipinski definition) is 6. The van der Waals surface area contributed by atoms with E-state index < -0.39 is 54.2 Å². The van der Waals surface area contributed by atoms with E-state index in [1.807, 2.05) is 17.5 Å².